The largest absolute Gasteiger partial charge is 0.272 e. The first-order valence-corrected chi connectivity index (χ1v) is 7.63. The van der Waals surface area contributed by atoms with Gasteiger partial charge in [-0.05, 0) is 40.9 Å². The van der Waals surface area contributed by atoms with E-state index < -0.39 is 0 Å². The van der Waals surface area contributed by atoms with Crippen molar-refractivity contribution >= 4 is 21.8 Å². The number of pyridine rings is 1. The molecule has 1 aromatic heterocycles. The van der Waals surface area contributed by atoms with E-state index in [2.05, 4.69) is 57.6 Å². The number of nitrogens with one attached hydrogen (secondary N) is 1. The quantitative estimate of drug-likeness (QED) is 0.929. The molecule has 0 saturated heterocycles. The highest BCUT2D eigenvalue weighted by atomic mass is 79.9. The van der Waals surface area contributed by atoms with Crippen molar-refractivity contribution < 1.29 is 4.84 Å². The summed E-state index contributed by atoms with van der Waals surface area (Å²) in [5, 5.41) is 0. The number of aliphatic imine (C=N–C) groups is 1. The van der Waals surface area contributed by atoms with Gasteiger partial charge in [-0.25, -0.2) is 5.48 Å². The van der Waals surface area contributed by atoms with Crippen molar-refractivity contribution in [3.8, 4) is 0 Å². The van der Waals surface area contributed by atoms with Gasteiger partial charge in [0.2, 0.25) is 0 Å². The molecule has 2 heterocycles. The zero-order chi connectivity index (χ0) is 14.7. The van der Waals surface area contributed by atoms with Gasteiger partial charge in [0.1, 0.15) is 0 Å². The summed E-state index contributed by atoms with van der Waals surface area (Å²) in [7, 11) is 0. The van der Waals surface area contributed by atoms with Gasteiger partial charge in [-0.15, -0.1) is 0 Å². The first kappa shape index (κ1) is 14.2. The minimum absolute atomic E-state index is 0.115. The maximum absolute atomic E-state index is 5.48. The number of hydrogen-bond acceptors (Lipinski definition) is 4. The number of rotatable bonds is 3. The number of aromatic nitrogens is 1. The number of nitrogens with zero attached hydrogens (tertiary/aromatic N) is 2. The molecule has 0 unspecified atom stereocenters. The predicted molar refractivity (Wildman–Crippen MR) is 86.2 cm³/mol. The molecule has 0 amide bonds. The third-order valence-electron chi connectivity index (χ3n) is 3.38. The zero-order valence-corrected chi connectivity index (χ0v) is 13.3. The Kier molecular flexibility index (Phi) is 4.31. The van der Waals surface area contributed by atoms with Gasteiger partial charge in [0.15, 0.2) is 5.84 Å². The van der Waals surface area contributed by atoms with Gasteiger partial charge >= 0.3 is 0 Å². The number of hydroxylamine groups is 1. The average Bonchev–Trinajstić information content (AvgIpc) is 2.50. The van der Waals surface area contributed by atoms with Gasteiger partial charge in [-0.1, -0.05) is 29.8 Å². The minimum Gasteiger partial charge on any atom is -0.272 e. The van der Waals surface area contributed by atoms with Crippen LogP contribution < -0.4 is 5.48 Å². The monoisotopic (exact) mass is 345 g/mol. The summed E-state index contributed by atoms with van der Waals surface area (Å²) in [5.41, 5.74) is 6.39. The third kappa shape index (κ3) is 3.49. The molecule has 1 N–H and O–H groups in total. The Bertz CT molecular complexity index is 655. The fraction of sp³-hybridized carbons (Fsp3) is 0.250. The lowest BCUT2D eigenvalue weighted by Crippen LogP contribution is -2.36. The Morgan fingerprint density at radius 2 is 2.10 bits per heavy atom. The normalized spacial score (nSPS) is 18.0. The molecule has 1 aliphatic rings. The molecule has 1 aromatic carbocycles. The molecule has 108 valence electrons. The molecule has 0 radical (unpaired) electrons. The molecule has 3 rings (SSSR count). The molecule has 0 fully saturated rings. The summed E-state index contributed by atoms with van der Waals surface area (Å²) in [6.45, 7) is 2.66. The fourth-order valence-electron chi connectivity index (χ4n) is 2.24. The fourth-order valence-corrected chi connectivity index (χ4v) is 2.68. The van der Waals surface area contributed by atoms with Crippen molar-refractivity contribution in [3.63, 3.8) is 0 Å². The second kappa shape index (κ2) is 6.37. The molecule has 1 aliphatic heterocycles. The lowest BCUT2D eigenvalue weighted by Gasteiger charge is -2.22. The first-order chi connectivity index (χ1) is 10.2. The Labute approximate surface area is 132 Å². The van der Waals surface area contributed by atoms with Crippen LogP contribution in [0.1, 0.15) is 16.7 Å². The van der Waals surface area contributed by atoms with Crippen LogP contribution in [0.25, 0.3) is 0 Å². The maximum atomic E-state index is 5.48. The lowest BCUT2D eigenvalue weighted by atomic mass is 10.0. The van der Waals surface area contributed by atoms with Crippen molar-refractivity contribution in [2.45, 2.75) is 19.4 Å². The van der Waals surface area contributed by atoms with Crippen molar-refractivity contribution in [3.05, 3.63) is 63.9 Å². The highest BCUT2D eigenvalue weighted by molar-refractivity contribution is 9.10. The zero-order valence-electron chi connectivity index (χ0n) is 11.7. The van der Waals surface area contributed by atoms with E-state index in [9.17, 15) is 0 Å². The van der Waals surface area contributed by atoms with E-state index in [1.165, 1.54) is 11.1 Å². The summed E-state index contributed by atoms with van der Waals surface area (Å²) in [6.07, 6.45) is 4.37. The second-order valence-corrected chi connectivity index (χ2v) is 5.94. The van der Waals surface area contributed by atoms with Gasteiger partial charge in [0.25, 0.3) is 0 Å². The second-order valence-electron chi connectivity index (χ2n) is 5.09. The van der Waals surface area contributed by atoms with Crippen LogP contribution in [0.15, 0.2) is 52.2 Å². The average molecular weight is 346 g/mol. The molecule has 1 atom stereocenters. The summed E-state index contributed by atoms with van der Waals surface area (Å²) in [4.78, 5) is 14.3. The molecule has 21 heavy (non-hydrogen) atoms. The van der Waals surface area contributed by atoms with E-state index in [4.69, 9.17) is 9.83 Å². The van der Waals surface area contributed by atoms with Crippen LogP contribution in [0.2, 0.25) is 0 Å². The van der Waals surface area contributed by atoms with E-state index in [1.807, 2.05) is 6.07 Å². The van der Waals surface area contributed by atoms with E-state index in [0.717, 1.165) is 22.3 Å². The van der Waals surface area contributed by atoms with Crippen molar-refractivity contribution in [1.82, 2.24) is 10.5 Å². The molecular weight excluding hydrogens is 330 g/mol. The van der Waals surface area contributed by atoms with E-state index in [0.29, 0.717) is 6.61 Å². The maximum Gasteiger partial charge on any atom is 0.154 e. The Balaban J connectivity index is 1.79. The first-order valence-electron chi connectivity index (χ1n) is 6.83. The topological polar surface area (TPSA) is 46.5 Å². The highest BCUT2D eigenvalue weighted by Gasteiger charge is 2.18. The molecule has 0 aliphatic carbocycles. The van der Waals surface area contributed by atoms with Crippen molar-refractivity contribution in [2.75, 3.05) is 6.61 Å². The minimum atomic E-state index is 0.115. The molecular formula is C16H16BrN3O. The number of aryl methyl sites for hydroxylation is 1. The van der Waals surface area contributed by atoms with Crippen LogP contribution in [0.3, 0.4) is 0 Å². The van der Waals surface area contributed by atoms with Gasteiger partial charge in [0.05, 0.1) is 12.6 Å². The Morgan fingerprint density at radius 1 is 1.29 bits per heavy atom. The molecule has 0 saturated carbocycles. The predicted octanol–water partition coefficient (Wildman–Crippen LogP) is 3.05. The smallest absolute Gasteiger partial charge is 0.154 e. The Morgan fingerprint density at radius 3 is 2.86 bits per heavy atom. The van der Waals surface area contributed by atoms with E-state index in [1.54, 1.807) is 12.4 Å². The van der Waals surface area contributed by atoms with Crippen LogP contribution in [-0.2, 0) is 11.3 Å². The van der Waals surface area contributed by atoms with Crippen LogP contribution in [-0.4, -0.2) is 23.5 Å². The SMILES string of the molecule is Cc1ccc(C[C@@H]2CONC(c3ccncc3Br)=N2)cc1. The van der Waals surface area contributed by atoms with Crippen LogP contribution in [0.5, 0.6) is 0 Å². The lowest BCUT2D eigenvalue weighted by molar-refractivity contribution is 0.0624. The summed E-state index contributed by atoms with van der Waals surface area (Å²) < 4.78 is 0.899. The number of benzene rings is 1. The Hall–Kier alpha value is -1.72. The van der Waals surface area contributed by atoms with E-state index >= 15 is 0 Å². The molecule has 2 aromatic rings. The molecule has 0 spiro atoms. The van der Waals surface area contributed by atoms with Crippen molar-refractivity contribution in [2.24, 2.45) is 4.99 Å². The molecule has 4 nitrogen and oxygen atoms in total. The summed E-state index contributed by atoms with van der Waals surface area (Å²) in [6, 6.07) is 10.6. The number of amidine groups is 1. The standard InChI is InChI=1S/C16H16BrN3O/c1-11-2-4-12(5-3-11)8-13-10-21-20-16(19-13)14-6-7-18-9-15(14)17/h2-7,9,13H,8,10H2,1H3,(H,19,20)/t13-/m1/s1. The van der Waals surface area contributed by atoms with Gasteiger partial charge in [-0.2, -0.15) is 0 Å². The number of halogens is 1. The molecule has 5 heteroatoms. The molecule has 0 bridgehead atoms. The van der Waals surface area contributed by atoms with Crippen LogP contribution in [0, 0.1) is 6.92 Å². The van der Waals surface area contributed by atoms with E-state index in [-0.39, 0.29) is 6.04 Å². The van der Waals surface area contributed by atoms with Gasteiger partial charge in [0, 0.05) is 22.4 Å². The summed E-state index contributed by atoms with van der Waals surface area (Å²) >= 11 is 3.49. The number of hydrogen-bond donors (Lipinski definition) is 1. The summed E-state index contributed by atoms with van der Waals surface area (Å²) in [5.74, 6) is 0.743. The van der Waals surface area contributed by atoms with Crippen molar-refractivity contribution in [1.29, 1.82) is 0 Å². The highest BCUT2D eigenvalue weighted by Crippen LogP contribution is 2.18. The van der Waals surface area contributed by atoms with Crippen LogP contribution >= 0.6 is 15.9 Å². The third-order valence-corrected chi connectivity index (χ3v) is 4.01. The van der Waals surface area contributed by atoms with Crippen LogP contribution in [0.4, 0.5) is 0 Å². The van der Waals surface area contributed by atoms with Gasteiger partial charge in [-0.3, -0.25) is 14.8 Å². The van der Waals surface area contributed by atoms with Gasteiger partial charge < -0.3 is 0 Å².